The number of hydrogen-bond acceptors (Lipinski definition) is 3. The Morgan fingerprint density at radius 2 is 1.91 bits per heavy atom. The van der Waals surface area contributed by atoms with Gasteiger partial charge in [0.1, 0.15) is 0 Å². The van der Waals surface area contributed by atoms with E-state index in [0.717, 1.165) is 24.8 Å². The number of guanidine groups is 1. The number of nitrogens with zero attached hydrogens (tertiary/aromatic N) is 2. The van der Waals surface area contributed by atoms with E-state index < -0.39 is 0 Å². The smallest absolute Gasteiger partial charge is 0.252 e. The first-order valence-corrected chi connectivity index (χ1v) is 7.76. The fraction of sp³-hybridized carbons (Fsp3) is 0.562. The van der Waals surface area contributed by atoms with Crippen LogP contribution in [0.5, 0.6) is 0 Å². The quantitative estimate of drug-likeness (QED) is 0.254. The van der Waals surface area contributed by atoms with Crippen LogP contribution >= 0.6 is 24.0 Å². The average molecular weight is 433 g/mol. The van der Waals surface area contributed by atoms with Gasteiger partial charge < -0.3 is 16.0 Å². The molecule has 130 valence electrons. The minimum Gasteiger partial charge on any atom is -0.356 e. The lowest BCUT2D eigenvalue weighted by Gasteiger charge is -2.12. The third-order valence-corrected chi connectivity index (χ3v) is 3.10. The first kappa shape index (κ1) is 21.6. The van der Waals surface area contributed by atoms with E-state index >= 15 is 0 Å². The summed E-state index contributed by atoms with van der Waals surface area (Å²) in [6.45, 7) is 6.49. The van der Waals surface area contributed by atoms with Crippen molar-refractivity contribution in [2.75, 3.05) is 26.7 Å². The minimum absolute atomic E-state index is 0. The highest BCUT2D eigenvalue weighted by Crippen LogP contribution is 2.01. The molecule has 23 heavy (non-hydrogen) atoms. The maximum Gasteiger partial charge on any atom is 0.252 e. The summed E-state index contributed by atoms with van der Waals surface area (Å²) >= 11 is 0. The van der Waals surface area contributed by atoms with Crippen LogP contribution in [0.1, 0.15) is 37.0 Å². The number of aromatic nitrogens is 1. The number of carbonyl (C=O) groups excluding carboxylic acids is 1. The number of halogens is 1. The normalized spacial score (nSPS) is 10.9. The molecule has 0 unspecified atom stereocenters. The van der Waals surface area contributed by atoms with Crippen LogP contribution in [0.15, 0.2) is 29.5 Å². The maximum absolute atomic E-state index is 11.8. The lowest BCUT2D eigenvalue weighted by atomic mass is 10.1. The highest BCUT2D eigenvalue weighted by molar-refractivity contribution is 14.0. The van der Waals surface area contributed by atoms with Crippen molar-refractivity contribution in [3.8, 4) is 0 Å². The Morgan fingerprint density at radius 1 is 1.22 bits per heavy atom. The van der Waals surface area contributed by atoms with Crippen molar-refractivity contribution in [2.24, 2.45) is 10.9 Å². The van der Waals surface area contributed by atoms with Crippen LogP contribution in [0.4, 0.5) is 0 Å². The fourth-order valence-electron chi connectivity index (χ4n) is 1.89. The number of pyridine rings is 1. The van der Waals surface area contributed by atoms with Gasteiger partial charge in [0.2, 0.25) is 0 Å². The average Bonchev–Trinajstić information content (AvgIpc) is 2.53. The van der Waals surface area contributed by atoms with Crippen molar-refractivity contribution in [1.29, 1.82) is 0 Å². The van der Waals surface area contributed by atoms with Gasteiger partial charge in [0.25, 0.3) is 5.91 Å². The molecular weight excluding hydrogens is 405 g/mol. The first-order chi connectivity index (χ1) is 10.6. The van der Waals surface area contributed by atoms with Gasteiger partial charge in [-0.25, -0.2) is 0 Å². The predicted octanol–water partition coefficient (Wildman–Crippen LogP) is 2.03. The summed E-state index contributed by atoms with van der Waals surface area (Å²) in [7, 11) is 1.74. The summed E-state index contributed by atoms with van der Waals surface area (Å²) < 4.78 is 0. The minimum atomic E-state index is -0.116. The molecule has 0 saturated carbocycles. The molecule has 0 saturated heterocycles. The maximum atomic E-state index is 11.8. The molecule has 0 radical (unpaired) electrons. The van der Waals surface area contributed by atoms with Crippen molar-refractivity contribution in [1.82, 2.24) is 20.9 Å². The molecule has 0 spiro atoms. The summed E-state index contributed by atoms with van der Waals surface area (Å²) in [6, 6.07) is 3.49. The van der Waals surface area contributed by atoms with Gasteiger partial charge >= 0.3 is 0 Å². The monoisotopic (exact) mass is 433 g/mol. The fourth-order valence-corrected chi connectivity index (χ4v) is 1.89. The molecule has 1 amide bonds. The lowest BCUT2D eigenvalue weighted by Crippen LogP contribution is -2.41. The van der Waals surface area contributed by atoms with Crippen LogP contribution < -0.4 is 16.0 Å². The van der Waals surface area contributed by atoms with Crippen LogP contribution in [0, 0.1) is 5.92 Å². The highest BCUT2D eigenvalue weighted by Gasteiger charge is 2.04. The molecular formula is C16H28IN5O. The largest absolute Gasteiger partial charge is 0.356 e. The second kappa shape index (κ2) is 13.1. The number of amides is 1. The Kier molecular flexibility index (Phi) is 12.3. The molecule has 0 atom stereocenters. The second-order valence-corrected chi connectivity index (χ2v) is 5.46. The van der Waals surface area contributed by atoms with Crippen LogP contribution in [0.3, 0.4) is 0 Å². The zero-order valence-electron chi connectivity index (χ0n) is 14.1. The Balaban J connectivity index is 0.00000484. The van der Waals surface area contributed by atoms with Crippen molar-refractivity contribution >= 4 is 35.8 Å². The number of rotatable bonds is 8. The molecule has 0 bridgehead atoms. The van der Waals surface area contributed by atoms with Gasteiger partial charge in [-0.1, -0.05) is 13.8 Å². The van der Waals surface area contributed by atoms with Gasteiger partial charge in [0.05, 0.1) is 5.56 Å². The summed E-state index contributed by atoms with van der Waals surface area (Å²) in [6.07, 6.45) is 5.52. The predicted molar refractivity (Wildman–Crippen MR) is 105 cm³/mol. The molecule has 6 nitrogen and oxygen atoms in total. The van der Waals surface area contributed by atoms with Gasteiger partial charge in [-0.15, -0.1) is 24.0 Å². The topological polar surface area (TPSA) is 78.4 Å². The third-order valence-electron chi connectivity index (χ3n) is 3.10. The van der Waals surface area contributed by atoms with Gasteiger partial charge in [-0.2, -0.15) is 0 Å². The Bertz CT molecular complexity index is 465. The molecule has 1 aromatic heterocycles. The van der Waals surface area contributed by atoms with E-state index in [1.165, 1.54) is 6.42 Å². The van der Waals surface area contributed by atoms with Crippen LogP contribution in [0.2, 0.25) is 0 Å². The molecule has 3 N–H and O–H groups in total. The molecule has 0 fully saturated rings. The van der Waals surface area contributed by atoms with E-state index in [1.807, 2.05) is 0 Å². The number of carbonyl (C=O) groups is 1. The summed E-state index contributed by atoms with van der Waals surface area (Å²) in [4.78, 5) is 19.9. The second-order valence-electron chi connectivity index (χ2n) is 5.46. The first-order valence-electron chi connectivity index (χ1n) is 7.76. The standard InChI is InChI=1S/C16H27N5O.HI/c1-13(2)6-4-9-20-16(17-3)21-11-10-19-15(22)14-7-5-8-18-12-14;/h5,7-8,12-13H,4,6,9-11H2,1-3H3,(H,19,22)(H2,17,20,21);1H. The van der Waals surface area contributed by atoms with E-state index in [0.29, 0.717) is 18.7 Å². The zero-order chi connectivity index (χ0) is 16.2. The van der Waals surface area contributed by atoms with Crippen molar-refractivity contribution in [3.63, 3.8) is 0 Å². The molecule has 0 aliphatic rings. The summed E-state index contributed by atoms with van der Waals surface area (Å²) in [5.41, 5.74) is 0.568. The van der Waals surface area contributed by atoms with E-state index in [2.05, 4.69) is 39.8 Å². The zero-order valence-corrected chi connectivity index (χ0v) is 16.5. The third kappa shape index (κ3) is 10.1. The van der Waals surface area contributed by atoms with E-state index in [1.54, 1.807) is 31.6 Å². The molecule has 0 aliphatic heterocycles. The number of aliphatic imine (C=N–C) groups is 1. The molecule has 1 rings (SSSR count). The Hall–Kier alpha value is -1.38. The van der Waals surface area contributed by atoms with Crippen LogP contribution in [-0.2, 0) is 0 Å². The SMILES string of the molecule is CN=C(NCCCC(C)C)NCCNC(=O)c1cccnc1.I. The van der Waals surface area contributed by atoms with Crippen molar-refractivity contribution in [2.45, 2.75) is 26.7 Å². The van der Waals surface area contributed by atoms with Crippen molar-refractivity contribution in [3.05, 3.63) is 30.1 Å². The van der Waals surface area contributed by atoms with Gasteiger partial charge in [0, 0.05) is 39.1 Å². The van der Waals surface area contributed by atoms with Gasteiger partial charge in [0.15, 0.2) is 5.96 Å². The van der Waals surface area contributed by atoms with E-state index in [9.17, 15) is 4.79 Å². The van der Waals surface area contributed by atoms with Gasteiger partial charge in [-0.05, 0) is 30.9 Å². The summed E-state index contributed by atoms with van der Waals surface area (Å²) in [5.74, 6) is 1.37. The van der Waals surface area contributed by atoms with Crippen LogP contribution in [0.25, 0.3) is 0 Å². The molecule has 1 aromatic rings. The molecule has 0 aromatic carbocycles. The van der Waals surface area contributed by atoms with Crippen molar-refractivity contribution < 1.29 is 4.79 Å². The van der Waals surface area contributed by atoms with Crippen LogP contribution in [-0.4, -0.2) is 43.5 Å². The summed E-state index contributed by atoms with van der Waals surface area (Å²) in [5, 5.41) is 9.27. The number of hydrogen-bond donors (Lipinski definition) is 3. The number of nitrogens with one attached hydrogen (secondary N) is 3. The van der Waals surface area contributed by atoms with Gasteiger partial charge in [-0.3, -0.25) is 14.8 Å². The molecule has 0 aliphatic carbocycles. The lowest BCUT2D eigenvalue weighted by molar-refractivity contribution is 0.0954. The molecule has 7 heteroatoms. The van der Waals surface area contributed by atoms with E-state index in [-0.39, 0.29) is 29.9 Å². The molecule has 1 heterocycles. The van der Waals surface area contributed by atoms with E-state index in [4.69, 9.17) is 0 Å². The Labute approximate surface area is 156 Å². The Morgan fingerprint density at radius 3 is 2.52 bits per heavy atom. The highest BCUT2D eigenvalue weighted by atomic mass is 127.